The van der Waals surface area contributed by atoms with Crippen LogP contribution in [0.2, 0.25) is 0 Å². The van der Waals surface area contributed by atoms with Gasteiger partial charge in [0.2, 0.25) is 0 Å². The second kappa shape index (κ2) is 6.47. The van der Waals surface area contributed by atoms with Gasteiger partial charge in [-0.2, -0.15) is 0 Å². The van der Waals surface area contributed by atoms with Crippen molar-refractivity contribution in [1.82, 2.24) is 0 Å². The van der Waals surface area contributed by atoms with E-state index in [1.165, 1.54) is 12.1 Å². The molecule has 2 aromatic carbocycles. The van der Waals surface area contributed by atoms with E-state index in [0.29, 0.717) is 17.2 Å². The van der Waals surface area contributed by atoms with E-state index in [4.69, 9.17) is 14.6 Å². The van der Waals surface area contributed by atoms with E-state index in [0.717, 1.165) is 0 Å². The Morgan fingerprint density at radius 3 is 2.60 bits per heavy atom. The van der Waals surface area contributed by atoms with Gasteiger partial charge in [-0.3, -0.25) is 4.79 Å². The summed E-state index contributed by atoms with van der Waals surface area (Å²) in [6.45, 7) is -0.109. The molecular formula is C15H15NO4. The number of carbonyl (C=O) groups excluding carboxylic acids is 1. The van der Waals surface area contributed by atoms with Crippen molar-refractivity contribution in [3.05, 3.63) is 48.5 Å². The maximum atomic E-state index is 11.7. The third-order valence-electron chi connectivity index (χ3n) is 2.56. The van der Waals surface area contributed by atoms with Gasteiger partial charge in [-0.05, 0) is 36.4 Å². The van der Waals surface area contributed by atoms with Crippen molar-refractivity contribution in [3.8, 4) is 17.2 Å². The fourth-order valence-electron chi connectivity index (χ4n) is 1.59. The zero-order valence-corrected chi connectivity index (χ0v) is 11.0. The molecule has 2 N–H and O–H groups in total. The summed E-state index contributed by atoms with van der Waals surface area (Å²) in [5, 5.41) is 11.8. The molecule has 0 atom stereocenters. The van der Waals surface area contributed by atoms with Crippen LogP contribution in [0.25, 0.3) is 0 Å². The summed E-state index contributed by atoms with van der Waals surface area (Å²) < 4.78 is 10.4. The minimum Gasteiger partial charge on any atom is -0.508 e. The molecule has 0 aromatic heterocycles. The summed E-state index contributed by atoms with van der Waals surface area (Å²) in [4.78, 5) is 11.7. The molecule has 0 aliphatic heterocycles. The zero-order valence-electron chi connectivity index (χ0n) is 11.0. The average molecular weight is 273 g/mol. The number of hydrogen-bond acceptors (Lipinski definition) is 4. The maximum Gasteiger partial charge on any atom is 0.262 e. The smallest absolute Gasteiger partial charge is 0.262 e. The van der Waals surface area contributed by atoms with Crippen LogP contribution < -0.4 is 14.8 Å². The number of anilines is 1. The highest BCUT2D eigenvalue weighted by Crippen LogP contribution is 2.17. The van der Waals surface area contributed by atoms with E-state index < -0.39 is 0 Å². The molecule has 0 saturated heterocycles. The van der Waals surface area contributed by atoms with Crippen LogP contribution in [-0.2, 0) is 4.79 Å². The van der Waals surface area contributed by atoms with Crippen molar-refractivity contribution in [1.29, 1.82) is 0 Å². The van der Waals surface area contributed by atoms with Gasteiger partial charge in [-0.25, -0.2) is 0 Å². The Balaban J connectivity index is 1.87. The fraction of sp³-hybridized carbons (Fsp3) is 0.133. The standard InChI is InChI=1S/C15H15NO4/c1-19-14-4-2-3-11(9-14)16-15(18)10-20-13-7-5-12(17)6-8-13/h2-9,17H,10H2,1H3,(H,16,18). The summed E-state index contributed by atoms with van der Waals surface area (Å²) in [7, 11) is 1.56. The topological polar surface area (TPSA) is 67.8 Å². The molecule has 0 radical (unpaired) electrons. The summed E-state index contributed by atoms with van der Waals surface area (Å²) in [5.41, 5.74) is 0.642. The molecule has 0 aliphatic rings. The van der Waals surface area contributed by atoms with Crippen LogP contribution in [-0.4, -0.2) is 24.7 Å². The number of nitrogens with one attached hydrogen (secondary N) is 1. The van der Waals surface area contributed by atoms with E-state index in [9.17, 15) is 4.79 Å². The Morgan fingerprint density at radius 1 is 1.15 bits per heavy atom. The van der Waals surface area contributed by atoms with E-state index in [2.05, 4.69) is 5.32 Å². The number of carbonyl (C=O) groups is 1. The molecule has 2 aromatic rings. The van der Waals surface area contributed by atoms with Crippen LogP contribution in [0, 0.1) is 0 Å². The van der Waals surface area contributed by atoms with Crippen molar-refractivity contribution < 1.29 is 19.4 Å². The van der Waals surface area contributed by atoms with Crippen molar-refractivity contribution in [2.24, 2.45) is 0 Å². The van der Waals surface area contributed by atoms with Crippen LogP contribution >= 0.6 is 0 Å². The van der Waals surface area contributed by atoms with E-state index >= 15 is 0 Å². The first-order chi connectivity index (χ1) is 9.67. The first kappa shape index (κ1) is 13.7. The van der Waals surface area contributed by atoms with Crippen LogP contribution in [0.3, 0.4) is 0 Å². The molecule has 0 saturated carbocycles. The average Bonchev–Trinajstić information content (AvgIpc) is 2.47. The predicted molar refractivity (Wildman–Crippen MR) is 75.2 cm³/mol. The number of rotatable bonds is 5. The van der Waals surface area contributed by atoms with Crippen molar-refractivity contribution in [2.45, 2.75) is 0 Å². The predicted octanol–water partition coefficient (Wildman–Crippen LogP) is 2.42. The SMILES string of the molecule is COc1cccc(NC(=O)COc2ccc(O)cc2)c1. The highest BCUT2D eigenvalue weighted by atomic mass is 16.5. The lowest BCUT2D eigenvalue weighted by molar-refractivity contribution is -0.118. The lowest BCUT2D eigenvalue weighted by atomic mass is 10.3. The molecule has 1 amide bonds. The van der Waals surface area contributed by atoms with E-state index in [1.807, 2.05) is 0 Å². The highest BCUT2D eigenvalue weighted by molar-refractivity contribution is 5.92. The molecule has 20 heavy (non-hydrogen) atoms. The Kier molecular flexibility index (Phi) is 4.44. The van der Waals surface area contributed by atoms with Crippen molar-refractivity contribution >= 4 is 11.6 Å². The number of phenols is 1. The molecule has 0 fully saturated rings. The van der Waals surface area contributed by atoms with Crippen LogP contribution in [0.4, 0.5) is 5.69 Å². The molecule has 5 heteroatoms. The number of ether oxygens (including phenoxy) is 2. The fourth-order valence-corrected chi connectivity index (χ4v) is 1.59. The lowest BCUT2D eigenvalue weighted by Gasteiger charge is -2.08. The van der Waals surface area contributed by atoms with Gasteiger partial charge in [-0.1, -0.05) is 6.07 Å². The van der Waals surface area contributed by atoms with Crippen molar-refractivity contribution in [3.63, 3.8) is 0 Å². The van der Waals surface area contributed by atoms with Gasteiger partial charge in [0.25, 0.3) is 5.91 Å². The lowest BCUT2D eigenvalue weighted by Crippen LogP contribution is -2.20. The third kappa shape index (κ3) is 3.91. The molecule has 0 unspecified atom stereocenters. The Labute approximate surface area is 116 Å². The highest BCUT2D eigenvalue weighted by Gasteiger charge is 2.04. The maximum absolute atomic E-state index is 11.7. The number of hydrogen-bond donors (Lipinski definition) is 2. The molecule has 0 aliphatic carbocycles. The molecule has 104 valence electrons. The van der Waals surface area contributed by atoms with Gasteiger partial charge in [0, 0.05) is 11.8 Å². The minimum atomic E-state index is -0.272. The number of benzene rings is 2. The first-order valence-corrected chi connectivity index (χ1v) is 6.03. The molecular weight excluding hydrogens is 258 g/mol. The first-order valence-electron chi connectivity index (χ1n) is 6.03. The van der Waals surface area contributed by atoms with E-state index in [-0.39, 0.29) is 18.3 Å². The van der Waals surface area contributed by atoms with Gasteiger partial charge >= 0.3 is 0 Å². The van der Waals surface area contributed by atoms with Crippen LogP contribution in [0.1, 0.15) is 0 Å². The summed E-state index contributed by atoms with van der Waals surface area (Å²) in [6, 6.07) is 13.2. The van der Waals surface area contributed by atoms with Gasteiger partial charge < -0.3 is 19.9 Å². The Morgan fingerprint density at radius 2 is 1.90 bits per heavy atom. The number of amides is 1. The minimum absolute atomic E-state index is 0.109. The van der Waals surface area contributed by atoms with Gasteiger partial charge in [0.1, 0.15) is 17.2 Å². The number of methoxy groups -OCH3 is 1. The second-order valence-electron chi connectivity index (χ2n) is 4.06. The molecule has 5 nitrogen and oxygen atoms in total. The summed E-state index contributed by atoms with van der Waals surface area (Å²) >= 11 is 0. The summed E-state index contributed by atoms with van der Waals surface area (Å²) in [5.74, 6) is 1.07. The number of phenolic OH excluding ortho intramolecular Hbond substituents is 1. The third-order valence-corrected chi connectivity index (χ3v) is 2.56. The van der Waals surface area contributed by atoms with Crippen molar-refractivity contribution in [2.75, 3.05) is 19.0 Å². The van der Waals surface area contributed by atoms with Gasteiger partial charge in [0.05, 0.1) is 7.11 Å². The second-order valence-corrected chi connectivity index (χ2v) is 4.06. The normalized spacial score (nSPS) is 9.85. The van der Waals surface area contributed by atoms with Crippen LogP contribution in [0.5, 0.6) is 17.2 Å². The molecule has 0 spiro atoms. The Hall–Kier alpha value is -2.69. The van der Waals surface area contributed by atoms with Gasteiger partial charge in [-0.15, -0.1) is 0 Å². The van der Waals surface area contributed by atoms with Crippen LogP contribution in [0.15, 0.2) is 48.5 Å². The number of aromatic hydroxyl groups is 1. The zero-order chi connectivity index (χ0) is 14.4. The molecule has 0 heterocycles. The van der Waals surface area contributed by atoms with E-state index in [1.54, 1.807) is 43.5 Å². The molecule has 0 bridgehead atoms. The largest absolute Gasteiger partial charge is 0.508 e. The quantitative estimate of drug-likeness (QED) is 0.878. The van der Waals surface area contributed by atoms with Gasteiger partial charge in [0.15, 0.2) is 6.61 Å². The summed E-state index contributed by atoms with van der Waals surface area (Å²) in [6.07, 6.45) is 0. The molecule has 2 rings (SSSR count). The Bertz CT molecular complexity index is 581. The monoisotopic (exact) mass is 273 g/mol.